The molecule has 1 aliphatic rings. The van der Waals surface area contributed by atoms with E-state index in [-0.39, 0.29) is 0 Å². The summed E-state index contributed by atoms with van der Waals surface area (Å²) in [5.41, 5.74) is 0. The number of thioether (sulfide) groups is 1. The summed E-state index contributed by atoms with van der Waals surface area (Å²) in [5, 5.41) is 1.28. The van der Waals surface area contributed by atoms with E-state index in [0.717, 1.165) is 11.5 Å². The predicted octanol–water partition coefficient (Wildman–Crippen LogP) is 0.287. The maximum Gasteiger partial charge on any atom is 0.356 e. The number of nitrogens with zero attached hydrogens (tertiary/aromatic N) is 1. The fraction of sp³-hybridized carbons (Fsp3) is 1.00. The number of hydroxylamine groups is 2. The lowest BCUT2D eigenvalue weighted by atomic mass is 10.6. The molecule has 0 aromatic rings. The average Bonchev–Trinajstić information content (AvgIpc) is 1.99. The summed E-state index contributed by atoms with van der Waals surface area (Å²) in [7, 11) is -8.75. The van der Waals surface area contributed by atoms with E-state index in [1.165, 1.54) is 5.06 Å². The summed E-state index contributed by atoms with van der Waals surface area (Å²) in [4.78, 5) is 26.3. The van der Waals surface area contributed by atoms with Crippen molar-refractivity contribution in [2.45, 2.75) is 0 Å². The largest absolute Gasteiger partial charge is 0.356 e. The van der Waals surface area contributed by atoms with E-state index in [1.807, 2.05) is 0 Å². The second kappa shape index (κ2) is 5.29. The van der Waals surface area contributed by atoms with Gasteiger partial charge in [-0.2, -0.15) is 16.8 Å². The van der Waals surface area contributed by atoms with E-state index in [9.17, 15) is 14.0 Å². The summed E-state index contributed by atoms with van der Waals surface area (Å²) < 4.78 is 26.5. The van der Waals surface area contributed by atoms with Crippen LogP contribution in [0.3, 0.4) is 0 Å². The molecule has 0 aromatic carbocycles. The van der Waals surface area contributed by atoms with E-state index >= 15 is 0 Å². The molecule has 7 nitrogen and oxygen atoms in total. The summed E-state index contributed by atoms with van der Waals surface area (Å²) in [6, 6.07) is 0. The Morgan fingerprint density at radius 2 is 1.73 bits per heavy atom. The van der Waals surface area contributed by atoms with E-state index < -0.39 is 21.1 Å². The zero-order chi connectivity index (χ0) is 11.5. The van der Waals surface area contributed by atoms with Crippen LogP contribution in [-0.4, -0.2) is 50.2 Å². The molecule has 1 saturated heterocycles. The molecular weight excluding hydrogens is 264 g/mol. The highest BCUT2D eigenvalue weighted by Gasteiger charge is 2.33. The Bertz CT molecular complexity index is 300. The minimum absolute atomic E-state index is 0.483. The second-order valence-electron chi connectivity index (χ2n) is 3.07. The number of hydrogen-bond donors (Lipinski definition) is 3. The van der Waals surface area contributed by atoms with Crippen LogP contribution < -0.4 is 0 Å². The van der Waals surface area contributed by atoms with E-state index in [1.54, 1.807) is 11.8 Å². The number of hydrogen-bond acceptors (Lipinski definition) is 5. The quantitative estimate of drug-likeness (QED) is 0.629. The SMILES string of the molecule is O=P(O)(O)CP(=O)(O)ON1CCSCC1. The fourth-order valence-corrected chi connectivity index (χ4v) is 4.53. The first kappa shape index (κ1) is 13.7. The van der Waals surface area contributed by atoms with E-state index in [2.05, 4.69) is 0 Å². The normalized spacial score (nSPS) is 23.7. The highest BCUT2D eigenvalue weighted by atomic mass is 32.2. The van der Waals surface area contributed by atoms with Crippen molar-refractivity contribution in [3.8, 4) is 0 Å². The first-order valence-corrected chi connectivity index (χ1v) is 8.89. The monoisotopic (exact) mass is 277 g/mol. The van der Waals surface area contributed by atoms with Crippen LogP contribution in [0.15, 0.2) is 0 Å². The lowest BCUT2D eigenvalue weighted by molar-refractivity contribution is -0.0571. The first-order chi connectivity index (χ1) is 6.79. The van der Waals surface area contributed by atoms with Crippen molar-refractivity contribution < 1.29 is 28.4 Å². The van der Waals surface area contributed by atoms with Gasteiger partial charge in [-0.15, -0.1) is 0 Å². The predicted molar refractivity (Wildman–Crippen MR) is 56.7 cm³/mol. The molecule has 1 fully saturated rings. The van der Waals surface area contributed by atoms with Crippen molar-refractivity contribution in [1.82, 2.24) is 5.06 Å². The minimum atomic E-state index is -4.52. The van der Waals surface area contributed by atoms with Gasteiger partial charge in [-0.05, 0) is 0 Å². The van der Waals surface area contributed by atoms with Crippen LogP contribution in [0.1, 0.15) is 0 Å². The lowest BCUT2D eigenvalue weighted by Gasteiger charge is -2.27. The molecule has 3 N–H and O–H groups in total. The van der Waals surface area contributed by atoms with Crippen LogP contribution in [-0.2, 0) is 13.8 Å². The maximum absolute atomic E-state index is 11.3. The van der Waals surface area contributed by atoms with Crippen molar-refractivity contribution >= 4 is 27.0 Å². The third-order valence-electron chi connectivity index (χ3n) is 1.58. The van der Waals surface area contributed by atoms with Crippen LogP contribution in [0.5, 0.6) is 0 Å². The Morgan fingerprint density at radius 3 is 2.20 bits per heavy atom. The standard InChI is InChI=1S/C5H13NO6P2S/c7-13(8,9)5-14(10,11)12-6-1-3-15-4-2-6/h1-5H2,(H,10,11)(H2,7,8,9). The Morgan fingerprint density at radius 1 is 1.20 bits per heavy atom. The maximum atomic E-state index is 11.3. The smallest absolute Gasteiger partial charge is 0.324 e. The molecule has 15 heavy (non-hydrogen) atoms. The molecule has 1 heterocycles. The van der Waals surface area contributed by atoms with Gasteiger partial charge >= 0.3 is 15.2 Å². The van der Waals surface area contributed by atoms with Crippen molar-refractivity contribution in [2.24, 2.45) is 0 Å². The topological polar surface area (TPSA) is 107 Å². The molecule has 10 heteroatoms. The summed E-state index contributed by atoms with van der Waals surface area (Å²) in [6.07, 6.45) is 0. The Labute approximate surface area is 91.5 Å². The van der Waals surface area contributed by atoms with Gasteiger partial charge in [-0.1, -0.05) is 0 Å². The Balaban J connectivity index is 2.47. The number of rotatable bonds is 4. The molecule has 0 saturated carbocycles. The van der Waals surface area contributed by atoms with Gasteiger partial charge in [-0.3, -0.25) is 9.13 Å². The summed E-state index contributed by atoms with van der Waals surface area (Å²) >= 11 is 1.69. The molecule has 0 aromatic heterocycles. The highest BCUT2D eigenvalue weighted by Crippen LogP contribution is 2.55. The zero-order valence-corrected chi connectivity index (χ0v) is 10.5. The van der Waals surface area contributed by atoms with Gasteiger partial charge in [0.2, 0.25) is 0 Å². The third kappa shape index (κ3) is 6.04. The molecular formula is C5H13NO6P2S. The van der Waals surface area contributed by atoms with E-state index in [4.69, 9.17) is 14.4 Å². The van der Waals surface area contributed by atoms with Crippen molar-refractivity contribution in [3.63, 3.8) is 0 Å². The lowest BCUT2D eigenvalue weighted by Crippen LogP contribution is -2.32. The minimum Gasteiger partial charge on any atom is -0.324 e. The van der Waals surface area contributed by atoms with Gasteiger partial charge in [0.1, 0.15) is 0 Å². The molecule has 0 radical (unpaired) electrons. The van der Waals surface area contributed by atoms with Crippen LogP contribution >= 0.6 is 27.0 Å². The second-order valence-corrected chi connectivity index (χ2v) is 8.19. The molecule has 1 unspecified atom stereocenters. The van der Waals surface area contributed by atoms with Crippen molar-refractivity contribution in [1.29, 1.82) is 0 Å². The van der Waals surface area contributed by atoms with Gasteiger partial charge in [0.15, 0.2) is 5.90 Å². The van der Waals surface area contributed by atoms with Crippen molar-refractivity contribution in [3.05, 3.63) is 0 Å². The van der Waals surface area contributed by atoms with Crippen LogP contribution in [0.4, 0.5) is 0 Å². The van der Waals surface area contributed by atoms with Gasteiger partial charge < -0.3 is 14.7 Å². The summed E-state index contributed by atoms with van der Waals surface area (Å²) in [6.45, 7) is 0.965. The van der Waals surface area contributed by atoms with Gasteiger partial charge in [0, 0.05) is 24.6 Å². The third-order valence-corrected chi connectivity index (χ3v) is 5.91. The van der Waals surface area contributed by atoms with Crippen molar-refractivity contribution in [2.75, 3.05) is 30.5 Å². The zero-order valence-electron chi connectivity index (χ0n) is 7.85. The average molecular weight is 277 g/mol. The molecule has 0 bridgehead atoms. The molecule has 0 aliphatic carbocycles. The molecule has 1 rings (SSSR count). The first-order valence-electron chi connectivity index (χ1n) is 4.17. The molecule has 1 atom stereocenters. The van der Waals surface area contributed by atoms with Gasteiger partial charge in [0.05, 0.1) is 0 Å². The summed E-state index contributed by atoms with van der Waals surface area (Å²) in [5.74, 6) is 0.412. The van der Waals surface area contributed by atoms with Gasteiger partial charge in [-0.25, -0.2) is 4.62 Å². The Kier molecular flexibility index (Phi) is 4.83. The van der Waals surface area contributed by atoms with Crippen LogP contribution in [0.2, 0.25) is 0 Å². The van der Waals surface area contributed by atoms with Crippen LogP contribution in [0.25, 0.3) is 0 Å². The molecule has 1 aliphatic heterocycles. The fourth-order valence-electron chi connectivity index (χ4n) is 1.07. The Hall–Kier alpha value is 0.610. The van der Waals surface area contributed by atoms with E-state index in [0.29, 0.717) is 13.1 Å². The molecule has 0 amide bonds. The highest BCUT2D eigenvalue weighted by molar-refractivity contribution is 7.99. The van der Waals surface area contributed by atoms with Crippen LogP contribution in [0, 0.1) is 0 Å². The molecule has 0 spiro atoms. The van der Waals surface area contributed by atoms with Gasteiger partial charge in [0.25, 0.3) is 0 Å². The molecule has 90 valence electrons.